The molecule has 3 amide bonds. The molecule has 140 valence electrons. The molecule has 0 spiro atoms. The molecule has 27 heavy (non-hydrogen) atoms. The Morgan fingerprint density at radius 1 is 1.04 bits per heavy atom. The molecule has 0 aliphatic carbocycles. The smallest absolute Gasteiger partial charge is 0.251 e. The van der Waals surface area contributed by atoms with Crippen molar-refractivity contribution >= 4 is 17.7 Å². The van der Waals surface area contributed by atoms with Gasteiger partial charge in [0.15, 0.2) is 0 Å². The maximum absolute atomic E-state index is 12.4. The molecule has 1 aliphatic rings. The van der Waals surface area contributed by atoms with Gasteiger partial charge in [0.1, 0.15) is 0 Å². The highest BCUT2D eigenvalue weighted by Gasteiger charge is 2.18. The van der Waals surface area contributed by atoms with Crippen molar-refractivity contribution in [2.24, 2.45) is 0 Å². The number of hydrogen-bond acceptors (Lipinski definition) is 4. The number of nitrogens with one attached hydrogen (secondary N) is 2. The minimum Gasteiger partial charge on any atom is -0.355 e. The number of benzene rings is 1. The Labute approximate surface area is 157 Å². The van der Waals surface area contributed by atoms with E-state index in [4.69, 9.17) is 0 Å². The van der Waals surface area contributed by atoms with Gasteiger partial charge >= 0.3 is 0 Å². The summed E-state index contributed by atoms with van der Waals surface area (Å²) in [6.45, 7) is 1.52. The molecule has 0 atom stereocenters. The molecule has 2 aromatic rings. The highest BCUT2D eigenvalue weighted by atomic mass is 16.2. The minimum atomic E-state index is -0.313. The molecule has 1 saturated heterocycles. The van der Waals surface area contributed by atoms with E-state index in [1.54, 1.807) is 48.5 Å². The molecule has 0 saturated carbocycles. The van der Waals surface area contributed by atoms with Crippen LogP contribution in [0.15, 0.2) is 42.6 Å². The third-order valence-electron chi connectivity index (χ3n) is 4.53. The molecule has 1 aromatic heterocycles. The van der Waals surface area contributed by atoms with Crippen molar-refractivity contribution in [2.45, 2.75) is 12.8 Å². The van der Waals surface area contributed by atoms with Gasteiger partial charge in [0, 0.05) is 43.0 Å². The summed E-state index contributed by atoms with van der Waals surface area (Å²) < 4.78 is 0. The van der Waals surface area contributed by atoms with Crippen molar-refractivity contribution in [1.82, 2.24) is 20.5 Å². The summed E-state index contributed by atoms with van der Waals surface area (Å²) in [4.78, 5) is 42.3. The van der Waals surface area contributed by atoms with Crippen LogP contribution in [-0.2, 0) is 4.79 Å². The number of carbonyl (C=O) groups is 3. The molecule has 0 unspecified atom stereocenters. The average Bonchev–Trinajstić information content (AvgIpc) is 3.26. The first-order valence-corrected chi connectivity index (χ1v) is 8.93. The van der Waals surface area contributed by atoms with Crippen molar-refractivity contribution in [3.63, 3.8) is 0 Å². The van der Waals surface area contributed by atoms with Gasteiger partial charge in [-0.2, -0.15) is 0 Å². The molecule has 0 bridgehead atoms. The van der Waals surface area contributed by atoms with E-state index in [1.807, 2.05) is 6.07 Å². The fourth-order valence-electron chi connectivity index (χ4n) is 3.03. The van der Waals surface area contributed by atoms with E-state index in [0.29, 0.717) is 16.8 Å². The summed E-state index contributed by atoms with van der Waals surface area (Å²) in [7, 11) is 1.57. The normalized spacial score (nSPS) is 13.3. The van der Waals surface area contributed by atoms with Gasteiger partial charge in [0.05, 0.1) is 12.2 Å². The molecular formula is C20H22N4O3. The molecule has 2 heterocycles. The summed E-state index contributed by atoms with van der Waals surface area (Å²) in [6.07, 6.45) is 3.59. The van der Waals surface area contributed by atoms with Crippen molar-refractivity contribution in [3.8, 4) is 11.3 Å². The van der Waals surface area contributed by atoms with Crippen molar-refractivity contribution in [1.29, 1.82) is 0 Å². The molecule has 3 rings (SSSR count). The Morgan fingerprint density at radius 2 is 1.78 bits per heavy atom. The quantitative estimate of drug-likeness (QED) is 0.838. The number of carbonyl (C=O) groups excluding carboxylic acids is 3. The lowest BCUT2D eigenvalue weighted by molar-refractivity contribution is -0.129. The van der Waals surface area contributed by atoms with E-state index in [2.05, 4.69) is 15.6 Å². The van der Waals surface area contributed by atoms with Crippen LogP contribution in [0, 0.1) is 0 Å². The molecule has 1 fully saturated rings. The van der Waals surface area contributed by atoms with Gasteiger partial charge in [-0.3, -0.25) is 19.4 Å². The highest BCUT2D eigenvalue weighted by molar-refractivity contribution is 5.98. The first-order valence-electron chi connectivity index (χ1n) is 8.93. The topological polar surface area (TPSA) is 91.4 Å². The maximum atomic E-state index is 12.4. The Balaban J connectivity index is 1.70. The van der Waals surface area contributed by atoms with Crippen LogP contribution in [0.2, 0.25) is 0 Å². The first-order chi connectivity index (χ1) is 13.1. The lowest BCUT2D eigenvalue weighted by atomic mass is 10.1. The number of nitrogens with zero attached hydrogens (tertiary/aromatic N) is 2. The number of rotatable bonds is 5. The highest BCUT2D eigenvalue weighted by Crippen LogP contribution is 2.19. The summed E-state index contributed by atoms with van der Waals surface area (Å²) in [5.74, 6) is -0.572. The number of aromatic nitrogens is 1. The van der Waals surface area contributed by atoms with Gasteiger partial charge in [-0.25, -0.2) is 0 Å². The van der Waals surface area contributed by atoms with Crippen molar-refractivity contribution in [2.75, 3.05) is 26.7 Å². The average molecular weight is 366 g/mol. The first kappa shape index (κ1) is 18.6. The second-order valence-corrected chi connectivity index (χ2v) is 6.36. The van der Waals surface area contributed by atoms with Crippen molar-refractivity contribution < 1.29 is 14.4 Å². The molecule has 7 nitrogen and oxygen atoms in total. The van der Waals surface area contributed by atoms with Crippen LogP contribution in [0.3, 0.4) is 0 Å². The summed E-state index contributed by atoms with van der Waals surface area (Å²) in [6, 6.07) is 10.3. The Hall–Kier alpha value is -3.22. The largest absolute Gasteiger partial charge is 0.355 e. The summed E-state index contributed by atoms with van der Waals surface area (Å²) in [5.41, 5.74) is 2.25. The zero-order valence-electron chi connectivity index (χ0n) is 15.2. The molecule has 1 aromatic carbocycles. The molecule has 1 aliphatic heterocycles. The standard InChI is InChI=1S/C20H22N4O3/c1-21-19(26)16-7-8-22-17(12-16)14-5-4-6-15(11-14)20(27)23-13-18(25)24-9-2-3-10-24/h4-8,11-12H,2-3,9-10,13H2,1H3,(H,21,26)(H,23,27). The van der Waals surface area contributed by atoms with E-state index < -0.39 is 0 Å². The van der Waals surface area contributed by atoms with Gasteiger partial charge in [-0.15, -0.1) is 0 Å². The van der Waals surface area contributed by atoms with Gasteiger partial charge in [-0.1, -0.05) is 12.1 Å². The van der Waals surface area contributed by atoms with Crippen LogP contribution in [0.25, 0.3) is 11.3 Å². The second-order valence-electron chi connectivity index (χ2n) is 6.36. The van der Waals surface area contributed by atoms with E-state index in [0.717, 1.165) is 31.5 Å². The van der Waals surface area contributed by atoms with Gasteiger partial charge in [0.2, 0.25) is 5.91 Å². The van der Waals surface area contributed by atoms with E-state index in [-0.39, 0.29) is 24.3 Å². The van der Waals surface area contributed by atoms with Crippen LogP contribution < -0.4 is 10.6 Å². The Bertz CT molecular complexity index is 860. The van der Waals surface area contributed by atoms with Crippen molar-refractivity contribution in [3.05, 3.63) is 53.7 Å². The minimum absolute atomic E-state index is 0.00648. The second kappa shape index (κ2) is 8.44. The van der Waals surface area contributed by atoms with E-state index >= 15 is 0 Å². The molecule has 7 heteroatoms. The van der Waals surface area contributed by atoms with Gasteiger partial charge in [-0.05, 0) is 37.1 Å². The Morgan fingerprint density at radius 3 is 2.52 bits per heavy atom. The number of likely N-dealkylation sites (tertiary alicyclic amines) is 1. The summed E-state index contributed by atoms with van der Waals surface area (Å²) in [5, 5.41) is 5.25. The fraction of sp³-hybridized carbons (Fsp3) is 0.300. The van der Waals surface area contributed by atoms with E-state index in [1.165, 1.54) is 0 Å². The SMILES string of the molecule is CNC(=O)c1ccnc(-c2cccc(C(=O)NCC(=O)N3CCCC3)c2)c1. The third-order valence-corrected chi connectivity index (χ3v) is 4.53. The zero-order valence-corrected chi connectivity index (χ0v) is 15.2. The van der Waals surface area contributed by atoms with Crippen LogP contribution in [-0.4, -0.2) is 54.3 Å². The Kier molecular flexibility index (Phi) is 5.80. The molecule has 2 N–H and O–H groups in total. The fourth-order valence-corrected chi connectivity index (χ4v) is 3.03. The molecule has 0 radical (unpaired) electrons. The van der Waals surface area contributed by atoms with Crippen LogP contribution in [0.5, 0.6) is 0 Å². The van der Waals surface area contributed by atoms with Gasteiger partial charge in [0.25, 0.3) is 11.8 Å². The third kappa shape index (κ3) is 4.49. The monoisotopic (exact) mass is 366 g/mol. The van der Waals surface area contributed by atoms with Crippen LogP contribution >= 0.6 is 0 Å². The lowest BCUT2D eigenvalue weighted by Crippen LogP contribution is -2.38. The zero-order chi connectivity index (χ0) is 19.2. The summed E-state index contributed by atoms with van der Waals surface area (Å²) >= 11 is 0. The van der Waals surface area contributed by atoms with Crippen LogP contribution in [0.1, 0.15) is 33.6 Å². The number of hydrogen-bond donors (Lipinski definition) is 2. The van der Waals surface area contributed by atoms with Gasteiger partial charge < -0.3 is 15.5 Å². The number of amides is 3. The predicted molar refractivity (Wildman–Crippen MR) is 101 cm³/mol. The maximum Gasteiger partial charge on any atom is 0.251 e. The number of pyridine rings is 1. The predicted octanol–water partition coefficient (Wildman–Crippen LogP) is 1.46. The lowest BCUT2D eigenvalue weighted by Gasteiger charge is -2.15. The van der Waals surface area contributed by atoms with E-state index in [9.17, 15) is 14.4 Å². The molecular weight excluding hydrogens is 344 g/mol. The van der Waals surface area contributed by atoms with Crippen LogP contribution in [0.4, 0.5) is 0 Å².